The van der Waals surface area contributed by atoms with Crippen LogP contribution in [0.25, 0.3) is 0 Å². The fraction of sp³-hybridized carbons (Fsp3) is 0.346. The fourth-order valence-corrected chi connectivity index (χ4v) is 6.29. The first-order valence-electron chi connectivity index (χ1n) is 12.0. The Morgan fingerprint density at radius 1 is 1.11 bits per heavy atom. The minimum absolute atomic E-state index is 0.0133. The fourth-order valence-electron chi connectivity index (χ4n) is 4.07. The van der Waals surface area contributed by atoms with Crippen LogP contribution in [0.1, 0.15) is 29.9 Å². The SMILES string of the molecule is CC(C)CN(C[C@@H](O)[C@H](Cc1ccccc1)N(Cc1cncs1)C(=O)O)S(=O)(=O)c1ccc(C=NO)cc1. The Balaban J connectivity index is 1.94. The van der Waals surface area contributed by atoms with E-state index in [9.17, 15) is 23.4 Å². The summed E-state index contributed by atoms with van der Waals surface area (Å²) in [6.07, 6.45) is 0.404. The average molecular weight is 561 g/mol. The first-order chi connectivity index (χ1) is 18.1. The summed E-state index contributed by atoms with van der Waals surface area (Å²) in [4.78, 5) is 18.2. The van der Waals surface area contributed by atoms with Crippen LogP contribution in [0.3, 0.4) is 0 Å². The zero-order valence-corrected chi connectivity index (χ0v) is 22.8. The number of rotatable bonds is 13. The van der Waals surface area contributed by atoms with Gasteiger partial charge in [0.2, 0.25) is 10.0 Å². The van der Waals surface area contributed by atoms with E-state index in [1.807, 2.05) is 44.2 Å². The van der Waals surface area contributed by atoms with Gasteiger partial charge in [0.05, 0.1) is 35.3 Å². The minimum Gasteiger partial charge on any atom is -0.465 e. The van der Waals surface area contributed by atoms with Gasteiger partial charge in [0.1, 0.15) is 0 Å². The summed E-state index contributed by atoms with van der Waals surface area (Å²) in [7, 11) is -4.03. The maximum absolute atomic E-state index is 13.6. The summed E-state index contributed by atoms with van der Waals surface area (Å²) in [6.45, 7) is 3.57. The number of aliphatic hydroxyl groups is 1. The van der Waals surface area contributed by atoms with Gasteiger partial charge in [0, 0.05) is 24.2 Å². The van der Waals surface area contributed by atoms with Crippen molar-refractivity contribution in [1.29, 1.82) is 0 Å². The molecular formula is C26H32N4O6S2. The number of aromatic nitrogens is 1. The van der Waals surface area contributed by atoms with E-state index in [0.29, 0.717) is 10.4 Å². The normalized spacial score (nSPS) is 13.7. The van der Waals surface area contributed by atoms with E-state index >= 15 is 0 Å². The number of carbonyl (C=O) groups is 1. The molecule has 0 radical (unpaired) electrons. The van der Waals surface area contributed by atoms with E-state index in [0.717, 1.165) is 10.5 Å². The highest BCUT2D eigenvalue weighted by Gasteiger charge is 2.35. The van der Waals surface area contributed by atoms with Crippen molar-refractivity contribution >= 4 is 33.7 Å². The van der Waals surface area contributed by atoms with Gasteiger partial charge in [-0.05, 0) is 35.6 Å². The first-order valence-corrected chi connectivity index (χ1v) is 14.3. The van der Waals surface area contributed by atoms with Gasteiger partial charge in [-0.3, -0.25) is 9.88 Å². The van der Waals surface area contributed by atoms with Crippen molar-refractivity contribution in [2.24, 2.45) is 11.1 Å². The molecule has 1 aromatic heterocycles. The summed E-state index contributed by atoms with van der Waals surface area (Å²) >= 11 is 1.30. The molecule has 0 bridgehead atoms. The van der Waals surface area contributed by atoms with Gasteiger partial charge in [-0.25, -0.2) is 13.2 Å². The molecule has 38 heavy (non-hydrogen) atoms. The van der Waals surface area contributed by atoms with Gasteiger partial charge in [-0.2, -0.15) is 4.31 Å². The Kier molecular flexibility index (Phi) is 10.4. The topological polar surface area (TPSA) is 144 Å². The Labute approximate surface area is 226 Å². The molecule has 2 aromatic carbocycles. The average Bonchev–Trinajstić information content (AvgIpc) is 3.40. The molecule has 12 heteroatoms. The molecule has 0 unspecified atom stereocenters. The van der Waals surface area contributed by atoms with Gasteiger partial charge < -0.3 is 15.4 Å². The molecule has 1 heterocycles. The second kappa shape index (κ2) is 13.5. The lowest BCUT2D eigenvalue weighted by molar-refractivity contribution is 0.0341. The van der Waals surface area contributed by atoms with Crippen LogP contribution in [0.4, 0.5) is 4.79 Å². The molecule has 2 atom stereocenters. The van der Waals surface area contributed by atoms with Crippen LogP contribution in [-0.2, 0) is 23.0 Å². The Morgan fingerprint density at radius 3 is 2.34 bits per heavy atom. The number of amides is 1. The number of aliphatic hydroxyl groups excluding tert-OH is 1. The van der Waals surface area contributed by atoms with E-state index in [2.05, 4.69) is 10.1 Å². The summed E-state index contributed by atoms with van der Waals surface area (Å²) in [5.41, 5.74) is 2.93. The number of nitrogens with zero attached hydrogens (tertiary/aromatic N) is 4. The number of sulfonamides is 1. The summed E-state index contributed by atoms with van der Waals surface area (Å²) in [5, 5.41) is 33.2. The van der Waals surface area contributed by atoms with Gasteiger partial charge in [0.15, 0.2) is 0 Å². The van der Waals surface area contributed by atoms with Gasteiger partial charge in [-0.1, -0.05) is 61.5 Å². The summed E-state index contributed by atoms with van der Waals surface area (Å²) in [5.74, 6) is -0.0573. The number of carboxylic acid groups (broad SMARTS) is 1. The second-order valence-electron chi connectivity index (χ2n) is 9.23. The summed E-state index contributed by atoms with van der Waals surface area (Å²) < 4.78 is 28.4. The number of hydrogen-bond acceptors (Lipinski definition) is 8. The van der Waals surface area contributed by atoms with Gasteiger partial charge >= 0.3 is 6.09 Å². The van der Waals surface area contributed by atoms with E-state index in [-0.39, 0.29) is 36.9 Å². The van der Waals surface area contributed by atoms with E-state index in [4.69, 9.17) is 5.21 Å². The smallest absolute Gasteiger partial charge is 0.407 e. The van der Waals surface area contributed by atoms with Crippen LogP contribution in [0.5, 0.6) is 0 Å². The number of thiazole rings is 1. The van der Waals surface area contributed by atoms with Crippen LogP contribution in [-0.4, -0.2) is 75.6 Å². The van der Waals surface area contributed by atoms with Crippen molar-refractivity contribution in [2.45, 2.75) is 43.9 Å². The zero-order chi connectivity index (χ0) is 27.7. The molecule has 204 valence electrons. The number of benzene rings is 2. The zero-order valence-electron chi connectivity index (χ0n) is 21.2. The molecule has 0 aliphatic carbocycles. The van der Waals surface area contributed by atoms with Crippen molar-refractivity contribution < 1.29 is 28.6 Å². The quantitative estimate of drug-likeness (QED) is 0.164. The van der Waals surface area contributed by atoms with Crippen molar-refractivity contribution in [2.75, 3.05) is 13.1 Å². The number of hydrogen-bond donors (Lipinski definition) is 3. The predicted octanol–water partition coefficient (Wildman–Crippen LogP) is 3.75. The van der Waals surface area contributed by atoms with Crippen molar-refractivity contribution in [3.63, 3.8) is 0 Å². The van der Waals surface area contributed by atoms with E-state index in [1.165, 1.54) is 46.1 Å². The van der Waals surface area contributed by atoms with Crippen LogP contribution in [0, 0.1) is 5.92 Å². The molecule has 0 aliphatic rings. The Morgan fingerprint density at radius 2 is 1.79 bits per heavy atom. The lowest BCUT2D eigenvalue weighted by atomic mass is 9.99. The first kappa shape index (κ1) is 29.2. The molecule has 0 saturated carbocycles. The van der Waals surface area contributed by atoms with Gasteiger partial charge in [0.25, 0.3) is 0 Å². The third kappa shape index (κ3) is 7.84. The van der Waals surface area contributed by atoms with Crippen molar-refractivity contribution in [3.05, 3.63) is 82.3 Å². The molecule has 0 saturated heterocycles. The maximum Gasteiger partial charge on any atom is 0.407 e. The van der Waals surface area contributed by atoms with Gasteiger partial charge in [-0.15, -0.1) is 11.3 Å². The standard InChI is InChI=1S/C26H32N4O6S2/c1-19(2)15-29(38(35,36)23-10-8-21(9-11-23)13-28-34)17-25(31)24(12-20-6-4-3-5-7-20)30(26(32)33)16-22-14-27-18-37-22/h3-11,13-14,18-19,24-25,31,34H,12,15-17H2,1-2H3,(H,32,33)/t24-,25+/m0/s1. The van der Waals surface area contributed by atoms with E-state index < -0.39 is 28.3 Å². The minimum atomic E-state index is -4.03. The number of oxime groups is 1. The summed E-state index contributed by atoms with van der Waals surface area (Å²) in [6, 6.07) is 14.1. The highest BCUT2D eigenvalue weighted by atomic mass is 32.2. The van der Waals surface area contributed by atoms with E-state index in [1.54, 1.807) is 11.7 Å². The maximum atomic E-state index is 13.6. The molecule has 3 rings (SSSR count). The predicted molar refractivity (Wildman–Crippen MR) is 145 cm³/mol. The Bertz CT molecular complexity index is 1280. The second-order valence-corrected chi connectivity index (χ2v) is 12.1. The van der Waals surface area contributed by atoms with Crippen LogP contribution >= 0.6 is 11.3 Å². The lowest BCUT2D eigenvalue weighted by Crippen LogP contribution is -2.52. The van der Waals surface area contributed by atoms with Crippen LogP contribution in [0.2, 0.25) is 0 Å². The molecule has 1 amide bonds. The van der Waals surface area contributed by atoms with Crippen molar-refractivity contribution in [3.8, 4) is 0 Å². The molecule has 3 N–H and O–H groups in total. The van der Waals surface area contributed by atoms with Crippen LogP contribution < -0.4 is 0 Å². The molecule has 0 aliphatic heterocycles. The monoisotopic (exact) mass is 560 g/mol. The largest absolute Gasteiger partial charge is 0.465 e. The molecule has 3 aromatic rings. The molecule has 0 spiro atoms. The van der Waals surface area contributed by atoms with Crippen LogP contribution in [0.15, 0.2) is 76.4 Å². The molecule has 10 nitrogen and oxygen atoms in total. The van der Waals surface area contributed by atoms with Crippen molar-refractivity contribution in [1.82, 2.24) is 14.2 Å². The molecule has 0 fully saturated rings. The highest BCUT2D eigenvalue weighted by molar-refractivity contribution is 7.89. The Hall–Kier alpha value is -3.32. The highest BCUT2D eigenvalue weighted by Crippen LogP contribution is 2.23. The molecular weight excluding hydrogens is 528 g/mol. The third-order valence-electron chi connectivity index (χ3n) is 5.87. The lowest BCUT2D eigenvalue weighted by Gasteiger charge is -2.35. The third-order valence-corrected chi connectivity index (χ3v) is 8.48.